The van der Waals surface area contributed by atoms with E-state index in [4.69, 9.17) is 0 Å². The Hall–Kier alpha value is -3.20. The van der Waals surface area contributed by atoms with Gasteiger partial charge in [-0.05, 0) is 29.6 Å². The van der Waals surface area contributed by atoms with Crippen molar-refractivity contribution in [1.82, 2.24) is 20.3 Å². The van der Waals surface area contributed by atoms with E-state index >= 15 is 0 Å². The molecule has 36 heavy (non-hydrogen) atoms. The molecule has 0 spiro atoms. The summed E-state index contributed by atoms with van der Waals surface area (Å²) >= 11 is 2.94. The van der Waals surface area contributed by atoms with E-state index in [1.807, 2.05) is 11.4 Å². The molecule has 0 saturated heterocycles. The molecule has 10 nitrogen and oxygen atoms in total. The van der Waals surface area contributed by atoms with Crippen LogP contribution < -0.4 is 21.3 Å². The summed E-state index contributed by atoms with van der Waals surface area (Å²) in [6.07, 6.45) is 5.08. The highest BCUT2D eigenvalue weighted by Crippen LogP contribution is 2.25. The number of carbonyl (C=O) groups is 1. The van der Waals surface area contributed by atoms with Crippen LogP contribution in [0.3, 0.4) is 0 Å². The molecule has 0 unspecified atom stereocenters. The first-order chi connectivity index (χ1) is 17.3. The minimum Gasteiger partial charge on any atom is -0.368 e. The van der Waals surface area contributed by atoms with Crippen LogP contribution >= 0.6 is 22.7 Å². The minimum absolute atomic E-state index is 0.0417. The average molecular weight is 550 g/mol. The number of thiazole rings is 1. The van der Waals surface area contributed by atoms with Gasteiger partial charge < -0.3 is 16.0 Å². The second kappa shape index (κ2) is 11.7. The lowest BCUT2D eigenvalue weighted by Gasteiger charge is -2.10. The van der Waals surface area contributed by atoms with Gasteiger partial charge in [-0.15, -0.1) is 22.7 Å². The third-order valence-corrected chi connectivity index (χ3v) is 7.78. The van der Waals surface area contributed by atoms with Gasteiger partial charge in [0.1, 0.15) is 27.8 Å². The summed E-state index contributed by atoms with van der Waals surface area (Å²) in [6.45, 7) is 0.986. The van der Waals surface area contributed by atoms with Gasteiger partial charge in [0.2, 0.25) is 0 Å². The number of aromatic nitrogens is 3. The molecule has 0 aliphatic carbocycles. The van der Waals surface area contributed by atoms with E-state index < -0.39 is 21.7 Å². The summed E-state index contributed by atoms with van der Waals surface area (Å²) < 4.78 is 37.5. The van der Waals surface area contributed by atoms with Crippen LogP contribution in [0, 0.1) is 5.82 Å². The third-order valence-electron chi connectivity index (χ3n) is 4.95. The summed E-state index contributed by atoms with van der Waals surface area (Å²) in [4.78, 5) is 26.1. The number of hydrogen-bond donors (Lipinski definition) is 4. The molecule has 14 heteroatoms. The van der Waals surface area contributed by atoms with Gasteiger partial charge in [0.05, 0.1) is 16.0 Å². The van der Waals surface area contributed by atoms with E-state index in [0.29, 0.717) is 29.3 Å². The summed E-state index contributed by atoms with van der Waals surface area (Å²) in [5.74, 6) is 0.300. The van der Waals surface area contributed by atoms with Crippen molar-refractivity contribution in [2.24, 2.45) is 0 Å². The molecule has 4 rings (SSSR count). The molecule has 0 aliphatic rings. The highest BCUT2D eigenvalue weighted by atomic mass is 32.2. The molecule has 190 valence electrons. The number of thiophene rings is 1. The normalized spacial score (nSPS) is 11.5. The largest absolute Gasteiger partial charge is 0.368 e. The zero-order valence-electron chi connectivity index (χ0n) is 19.2. The molecular weight excluding hydrogens is 525 g/mol. The van der Waals surface area contributed by atoms with Gasteiger partial charge in [-0.25, -0.2) is 32.6 Å². The number of halogens is 1. The van der Waals surface area contributed by atoms with Gasteiger partial charge in [-0.3, -0.25) is 5.32 Å². The lowest BCUT2D eigenvalue weighted by atomic mass is 10.2. The maximum atomic E-state index is 14.1. The van der Waals surface area contributed by atoms with Crippen LogP contribution in [0.4, 0.5) is 25.8 Å². The highest BCUT2D eigenvalue weighted by Gasteiger charge is 2.10. The van der Waals surface area contributed by atoms with Gasteiger partial charge in [0.15, 0.2) is 5.13 Å². The van der Waals surface area contributed by atoms with Crippen molar-refractivity contribution in [1.29, 1.82) is 0 Å². The fourth-order valence-corrected chi connectivity index (χ4v) is 5.36. The smallest absolute Gasteiger partial charge is 0.325 e. The van der Waals surface area contributed by atoms with Crippen molar-refractivity contribution in [3.8, 4) is 0 Å². The van der Waals surface area contributed by atoms with Crippen molar-refractivity contribution < 1.29 is 17.6 Å². The standard InChI is InChI=1S/C22H24FN7O3S3/c1-36(32,33)9-7-24-11-14-10-15(2-3-17(14)23)29-21(31)30-22-26-12-16(35-22)4-6-25-20-19-18(5-8-34-19)27-13-28-20/h2-3,5,8,10,12-13,24H,4,6-7,9,11H2,1H3,(H,25,27,28)(H2,26,29,30,31). The Morgan fingerprint density at radius 1 is 1.11 bits per heavy atom. The molecule has 0 saturated carbocycles. The first-order valence-electron chi connectivity index (χ1n) is 10.9. The maximum Gasteiger partial charge on any atom is 0.325 e. The predicted molar refractivity (Wildman–Crippen MR) is 142 cm³/mol. The summed E-state index contributed by atoms with van der Waals surface area (Å²) in [7, 11) is -3.10. The lowest BCUT2D eigenvalue weighted by molar-refractivity contribution is 0.262. The number of sulfone groups is 1. The predicted octanol–water partition coefficient (Wildman–Crippen LogP) is 3.72. The van der Waals surface area contributed by atoms with Gasteiger partial charge in [-0.2, -0.15) is 0 Å². The molecule has 1 aromatic carbocycles. The van der Waals surface area contributed by atoms with Crippen LogP contribution in [0.25, 0.3) is 10.2 Å². The number of carbonyl (C=O) groups excluding carboxylic acids is 1. The second-order valence-corrected chi connectivity index (χ2v) is 12.1. The van der Waals surface area contributed by atoms with Crippen molar-refractivity contribution in [2.75, 3.05) is 41.0 Å². The second-order valence-electron chi connectivity index (χ2n) is 7.86. The molecule has 0 bridgehead atoms. The monoisotopic (exact) mass is 549 g/mol. The maximum absolute atomic E-state index is 14.1. The fourth-order valence-electron chi connectivity index (χ4n) is 3.23. The number of fused-ring (bicyclic) bond motifs is 1. The zero-order chi connectivity index (χ0) is 25.5. The van der Waals surface area contributed by atoms with Crippen molar-refractivity contribution in [2.45, 2.75) is 13.0 Å². The molecule has 0 aliphatic heterocycles. The zero-order valence-corrected chi connectivity index (χ0v) is 21.7. The van der Waals surface area contributed by atoms with E-state index in [9.17, 15) is 17.6 Å². The van der Waals surface area contributed by atoms with Crippen molar-refractivity contribution >= 4 is 65.4 Å². The first-order valence-corrected chi connectivity index (χ1v) is 14.6. The summed E-state index contributed by atoms with van der Waals surface area (Å²) in [6, 6.07) is 5.65. The van der Waals surface area contributed by atoms with Crippen LogP contribution in [0.1, 0.15) is 10.4 Å². The molecule has 0 radical (unpaired) electrons. The number of hydrogen-bond acceptors (Lipinski definition) is 10. The number of benzene rings is 1. The van der Waals surface area contributed by atoms with E-state index in [2.05, 4.69) is 36.2 Å². The molecule has 4 N–H and O–H groups in total. The van der Waals surface area contributed by atoms with E-state index in [1.54, 1.807) is 17.5 Å². The van der Waals surface area contributed by atoms with Crippen molar-refractivity contribution in [3.63, 3.8) is 0 Å². The molecule has 4 aromatic rings. The Balaban J connectivity index is 1.25. The number of nitrogens with zero attached hydrogens (tertiary/aromatic N) is 3. The minimum atomic E-state index is -3.10. The molecular formula is C22H24FN7O3S3. The van der Waals surface area contributed by atoms with Crippen LogP contribution in [0.5, 0.6) is 0 Å². The van der Waals surface area contributed by atoms with Gasteiger partial charge in [0.25, 0.3) is 0 Å². The molecule has 0 fully saturated rings. The van der Waals surface area contributed by atoms with Crippen LogP contribution in [0.15, 0.2) is 42.2 Å². The molecule has 3 aromatic heterocycles. The SMILES string of the molecule is CS(=O)(=O)CCNCc1cc(NC(=O)Nc2ncc(CCNc3ncnc4ccsc34)s2)ccc1F. The number of rotatable bonds is 11. The topological polar surface area (TPSA) is 138 Å². The van der Waals surface area contributed by atoms with E-state index in [1.165, 1.54) is 35.9 Å². The Kier molecular flexibility index (Phi) is 8.40. The summed E-state index contributed by atoms with van der Waals surface area (Å²) in [5, 5.41) is 14.0. The van der Waals surface area contributed by atoms with Gasteiger partial charge in [0, 0.05) is 54.6 Å². The number of amides is 2. The van der Waals surface area contributed by atoms with Crippen LogP contribution in [-0.2, 0) is 22.8 Å². The Morgan fingerprint density at radius 3 is 2.81 bits per heavy atom. The third kappa shape index (κ3) is 7.40. The van der Waals surface area contributed by atoms with Crippen molar-refractivity contribution in [3.05, 3.63) is 58.4 Å². The molecule has 2 amide bonds. The number of urea groups is 1. The Morgan fingerprint density at radius 2 is 1.97 bits per heavy atom. The summed E-state index contributed by atoms with van der Waals surface area (Å²) in [5.41, 5.74) is 1.62. The Labute approximate surface area is 215 Å². The van der Waals surface area contributed by atoms with Crippen LogP contribution in [-0.4, -0.2) is 54.5 Å². The highest BCUT2D eigenvalue weighted by molar-refractivity contribution is 7.90. The van der Waals surface area contributed by atoms with Crippen LogP contribution in [0.2, 0.25) is 0 Å². The number of anilines is 3. The average Bonchev–Trinajstić information content (AvgIpc) is 3.48. The first kappa shape index (κ1) is 25.9. The van der Waals surface area contributed by atoms with E-state index in [-0.39, 0.29) is 18.8 Å². The molecule has 3 heterocycles. The van der Waals surface area contributed by atoms with Gasteiger partial charge >= 0.3 is 6.03 Å². The molecule has 0 atom stereocenters. The number of nitrogens with one attached hydrogen (secondary N) is 4. The quantitative estimate of drug-likeness (QED) is 0.208. The fraction of sp³-hybridized carbons (Fsp3) is 0.273. The van der Waals surface area contributed by atoms with E-state index in [0.717, 1.165) is 27.2 Å². The lowest BCUT2D eigenvalue weighted by Crippen LogP contribution is -2.23. The Bertz CT molecular complexity index is 1460. The van der Waals surface area contributed by atoms with Gasteiger partial charge in [-0.1, -0.05) is 0 Å².